The van der Waals surface area contributed by atoms with E-state index in [4.69, 9.17) is 15.7 Å². The number of pyridine rings is 1. The van der Waals surface area contributed by atoms with E-state index in [0.717, 1.165) is 11.1 Å². The summed E-state index contributed by atoms with van der Waals surface area (Å²) in [7, 11) is 1.58. The summed E-state index contributed by atoms with van der Waals surface area (Å²) >= 11 is 0. The number of nitrogens with two attached hydrogens (primary N) is 1. The standard InChI is InChI=1S/C11H12N4O.ClH/c1-16-11-9(13)4-6-15-10(11)8(7-14-15)3-2-5-12;/h4,6-7H,2-3,13H2,1H3;1H. The van der Waals surface area contributed by atoms with Crippen LogP contribution in [0.2, 0.25) is 0 Å². The van der Waals surface area contributed by atoms with E-state index in [2.05, 4.69) is 11.2 Å². The van der Waals surface area contributed by atoms with E-state index in [9.17, 15) is 0 Å². The molecule has 6 heteroatoms. The highest BCUT2D eigenvalue weighted by atomic mass is 35.5. The lowest BCUT2D eigenvalue weighted by molar-refractivity contribution is 0.419. The third-order valence-electron chi connectivity index (χ3n) is 2.45. The number of nitrogens with zero attached hydrogens (tertiary/aromatic N) is 3. The Bertz CT molecular complexity index is 558. The van der Waals surface area contributed by atoms with Gasteiger partial charge in [0.1, 0.15) is 5.52 Å². The van der Waals surface area contributed by atoms with E-state index >= 15 is 0 Å². The minimum absolute atomic E-state index is 0. The fraction of sp³-hybridized carbons (Fsp3) is 0.273. The van der Waals surface area contributed by atoms with Crippen LogP contribution >= 0.6 is 12.4 Å². The van der Waals surface area contributed by atoms with Crippen molar-refractivity contribution in [2.24, 2.45) is 0 Å². The van der Waals surface area contributed by atoms with E-state index in [1.54, 1.807) is 30.1 Å². The SMILES string of the molecule is COc1c(N)ccn2ncc(CCC#N)c12.Cl. The maximum atomic E-state index is 8.59. The lowest BCUT2D eigenvalue weighted by atomic mass is 10.1. The van der Waals surface area contributed by atoms with E-state index in [0.29, 0.717) is 24.3 Å². The second kappa shape index (κ2) is 5.41. The monoisotopic (exact) mass is 252 g/mol. The molecule has 2 heterocycles. The zero-order valence-electron chi connectivity index (χ0n) is 9.38. The van der Waals surface area contributed by atoms with Crippen molar-refractivity contribution in [3.8, 4) is 11.8 Å². The van der Waals surface area contributed by atoms with Crippen molar-refractivity contribution in [3.05, 3.63) is 24.0 Å². The zero-order chi connectivity index (χ0) is 11.5. The fourth-order valence-electron chi connectivity index (χ4n) is 1.71. The van der Waals surface area contributed by atoms with Gasteiger partial charge in [-0.2, -0.15) is 10.4 Å². The van der Waals surface area contributed by atoms with Gasteiger partial charge in [-0.15, -0.1) is 12.4 Å². The van der Waals surface area contributed by atoms with Crippen LogP contribution in [0.15, 0.2) is 18.5 Å². The minimum atomic E-state index is 0. The normalized spacial score (nSPS) is 9.65. The van der Waals surface area contributed by atoms with Crippen LogP contribution in [0.3, 0.4) is 0 Å². The van der Waals surface area contributed by atoms with Gasteiger partial charge in [-0.05, 0) is 12.5 Å². The molecule has 0 amide bonds. The fourth-order valence-corrected chi connectivity index (χ4v) is 1.71. The molecule has 0 atom stereocenters. The number of aromatic nitrogens is 2. The van der Waals surface area contributed by atoms with E-state index in [1.165, 1.54) is 0 Å². The van der Waals surface area contributed by atoms with Crippen LogP contribution in [0.1, 0.15) is 12.0 Å². The first-order valence-electron chi connectivity index (χ1n) is 4.93. The Kier molecular flexibility index (Phi) is 4.18. The van der Waals surface area contributed by atoms with E-state index in [1.807, 2.05) is 0 Å². The maximum absolute atomic E-state index is 8.59. The summed E-state index contributed by atoms with van der Waals surface area (Å²) in [5.74, 6) is 0.618. The molecule has 2 aromatic heterocycles. The van der Waals surface area contributed by atoms with Crippen molar-refractivity contribution >= 4 is 23.6 Å². The predicted octanol–water partition coefficient (Wildman–Crippen LogP) is 1.80. The van der Waals surface area contributed by atoms with Gasteiger partial charge in [0.25, 0.3) is 0 Å². The number of hydrogen-bond acceptors (Lipinski definition) is 4. The number of methoxy groups -OCH3 is 1. The van der Waals surface area contributed by atoms with Crippen molar-refractivity contribution in [2.75, 3.05) is 12.8 Å². The molecule has 0 aliphatic rings. The van der Waals surface area contributed by atoms with Crippen LogP contribution in [-0.4, -0.2) is 16.7 Å². The number of rotatable bonds is 3. The summed E-state index contributed by atoms with van der Waals surface area (Å²) in [6.45, 7) is 0. The van der Waals surface area contributed by atoms with Crippen molar-refractivity contribution in [2.45, 2.75) is 12.8 Å². The third kappa shape index (κ3) is 2.27. The predicted molar refractivity (Wildman–Crippen MR) is 67.3 cm³/mol. The number of halogens is 1. The highest BCUT2D eigenvalue weighted by molar-refractivity contribution is 5.85. The molecule has 0 spiro atoms. The lowest BCUT2D eigenvalue weighted by Gasteiger charge is -2.07. The molecule has 0 radical (unpaired) electrons. The van der Waals surface area contributed by atoms with Crippen LogP contribution in [0.5, 0.6) is 5.75 Å². The Labute approximate surface area is 105 Å². The number of nitrogen functional groups attached to an aromatic ring is 1. The minimum Gasteiger partial charge on any atom is -0.492 e. The van der Waals surface area contributed by atoms with Crippen LogP contribution in [-0.2, 0) is 6.42 Å². The quantitative estimate of drug-likeness (QED) is 0.904. The Morgan fingerprint density at radius 3 is 3.00 bits per heavy atom. The Morgan fingerprint density at radius 1 is 1.59 bits per heavy atom. The molecule has 0 aliphatic heterocycles. The molecule has 2 N–H and O–H groups in total. The summed E-state index contributed by atoms with van der Waals surface area (Å²) in [6, 6.07) is 3.86. The second-order valence-electron chi connectivity index (χ2n) is 3.43. The first-order chi connectivity index (χ1) is 7.77. The van der Waals surface area contributed by atoms with Crippen molar-refractivity contribution in [1.29, 1.82) is 5.26 Å². The number of ether oxygens (including phenoxy) is 1. The first kappa shape index (κ1) is 13.1. The summed E-state index contributed by atoms with van der Waals surface area (Å²) in [4.78, 5) is 0. The highest BCUT2D eigenvalue weighted by Gasteiger charge is 2.12. The number of nitriles is 1. The van der Waals surface area contributed by atoms with Crippen molar-refractivity contribution in [1.82, 2.24) is 9.61 Å². The Hall–Kier alpha value is -1.93. The molecule has 2 rings (SSSR count). The molecule has 2 aromatic rings. The van der Waals surface area contributed by atoms with Gasteiger partial charge in [0.15, 0.2) is 5.75 Å². The van der Waals surface area contributed by atoms with Crippen LogP contribution in [0, 0.1) is 11.3 Å². The Balaban J connectivity index is 0.00000144. The topological polar surface area (TPSA) is 76.3 Å². The van der Waals surface area contributed by atoms with Crippen LogP contribution in [0.4, 0.5) is 5.69 Å². The van der Waals surface area contributed by atoms with Crippen molar-refractivity contribution < 1.29 is 4.74 Å². The van der Waals surface area contributed by atoms with Gasteiger partial charge < -0.3 is 10.5 Å². The van der Waals surface area contributed by atoms with Gasteiger partial charge in [0.2, 0.25) is 0 Å². The number of hydrogen-bond donors (Lipinski definition) is 1. The largest absolute Gasteiger partial charge is 0.492 e. The Morgan fingerprint density at radius 2 is 2.35 bits per heavy atom. The molecule has 0 aromatic carbocycles. The van der Waals surface area contributed by atoms with Gasteiger partial charge in [-0.3, -0.25) is 0 Å². The van der Waals surface area contributed by atoms with Crippen LogP contribution < -0.4 is 10.5 Å². The van der Waals surface area contributed by atoms with Crippen molar-refractivity contribution in [3.63, 3.8) is 0 Å². The molecule has 0 saturated heterocycles. The molecule has 0 saturated carbocycles. The van der Waals surface area contributed by atoms with Gasteiger partial charge in [-0.25, -0.2) is 4.52 Å². The van der Waals surface area contributed by atoms with Gasteiger partial charge >= 0.3 is 0 Å². The third-order valence-corrected chi connectivity index (χ3v) is 2.45. The molecule has 90 valence electrons. The smallest absolute Gasteiger partial charge is 0.167 e. The molecule has 0 aliphatic carbocycles. The number of fused-ring (bicyclic) bond motifs is 1. The molecule has 5 nitrogen and oxygen atoms in total. The second-order valence-corrected chi connectivity index (χ2v) is 3.43. The van der Waals surface area contributed by atoms with Gasteiger partial charge in [0.05, 0.1) is 25.1 Å². The highest BCUT2D eigenvalue weighted by Crippen LogP contribution is 2.29. The number of anilines is 1. The summed E-state index contributed by atoms with van der Waals surface area (Å²) in [5, 5.41) is 12.8. The molecule has 0 bridgehead atoms. The average Bonchev–Trinajstić information content (AvgIpc) is 2.70. The number of aryl methyl sites for hydroxylation is 1. The molecule has 0 fully saturated rings. The summed E-state index contributed by atoms with van der Waals surface area (Å²) in [5.41, 5.74) is 8.22. The maximum Gasteiger partial charge on any atom is 0.167 e. The van der Waals surface area contributed by atoms with Gasteiger partial charge in [-0.1, -0.05) is 0 Å². The van der Waals surface area contributed by atoms with Crippen LogP contribution in [0.25, 0.3) is 5.52 Å². The zero-order valence-corrected chi connectivity index (χ0v) is 10.2. The van der Waals surface area contributed by atoms with E-state index < -0.39 is 0 Å². The molecule has 0 unspecified atom stereocenters. The molecular formula is C11H13ClN4O. The first-order valence-corrected chi connectivity index (χ1v) is 4.93. The lowest BCUT2D eigenvalue weighted by Crippen LogP contribution is -1.98. The molecule has 17 heavy (non-hydrogen) atoms. The van der Waals surface area contributed by atoms with E-state index in [-0.39, 0.29) is 12.4 Å². The summed E-state index contributed by atoms with van der Waals surface area (Å²) < 4.78 is 6.98. The average molecular weight is 253 g/mol. The molecular weight excluding hydrogens is 240 g/mol. The van der Waals surface area contributed by atoms with Gasteiger partial charge in [0, 0.05) is 18.2 Å². The summed E-state index contributed by atoms with van der Waals surface area (Å²) in [6.07, 6.45) is 4.64.